The predicted octanol–water partition coefficient (Wildman–Crippen LogP) is 3.70. The normalized spacial score (nSPS) is 29.0. The molecular formula is C18H26FN3O2. The van der Waals surface area contributed by atoms with Gasteiger partial charge in [-0.1, -0.05) is 24.4 Å². The van der Waals surface area contributed by atoms with Gasteiger partial charge in [0.05, 0.1) is 6.54 Å². The monoisotopic (exact) mass is 335 g/mol. The molecule has 132 valence electrons. The molecule has 0 aromatic carbocycles. The Morgan fingerprint density at radius 2 is 2.00 bits per heavy atom. The summed E-state index contributed by atoms with van der Waals surface area (Å²) in [6.45, 7) is 0.700. The molecule has 1 aliphatic heterocycles. The minimum absolute atomic E-state index is 0.0604. The number of piperidine rings is 1. The Balaban J connectivity index is 1.40. The van der Waals surface area contributed by atoms with E-state index in [4.69, 9.17) is 4.52 Å². The molecule has 6 heteroatoms. The van der Waals surface area contributed by atoms with Crippen LogP contribution in [0.3, 0.4) is 0 Å². The molecule has 1 atom stereocenters. The molecule has 1 unspecified atom stereocenters. The smallest absolute Gasteiger partial charge is 0.266 e. The Hall–Kier alpha value is -1.46. The number of hydrogen-bond donors (Lipinski definition) is 0. The largest absolute Gasteiger partial charge is 0.339 e. The number of aromatic nitrogens is 2. The number of rotatable bonds is 4. The summed E-state index contributed by atoms with van der Waals surface area (Å²) < 4.78 is 20.6. The Kier molecular flexibility index (Phi) is 4.31. The number of nitrogens with zero attached hydrogens (tertiary/aromatic N) is 3. The zero-order chi connectivity index (χ0) is 16.6. The van der Waals surface area contributed by atoms with Gasteiger partial charge in [-0.3, -0.25) is 4.79 Å². The van der Waals surface area contributed by atoms with Gasteiger partial charge in [-0.25, -0.2) is 4.39 Å². The first-order chi connectivity index (χ1) is 11.6. The molecule has 1 amide bonds. The number of carbonyl (C=O) groups is 1. The van der Waals surface area contributed by atoms with E-state index in [1.54, 1.807) is 4.90 Å². The maximum atomic E-state index is 15.4. The summed E-state index contributed by atoms with van der Waals surface area (Å²) in [6, 6.07) is 0. The first-order valence-electron chi connectivity index (χ1n) is 9.45. The molecule has 0 N–H and O–H groups in total. The van der Waals surface area contributed by atoms with Gasteiger partial charge in [-0.05, 0) is 44.4 Å². The van der Waals surface area contributed by atoms with Crippen LogP contribution < -0.4 is 0 Å². The van der Waals surface area contributed by atoms with E-state index in [9.17, 15) is 4.79 Å². The second-order valence-corrected chi connectivity index (χ2v) is 7.82. The highest BCUT2D eigenvalue weighted by Crippen LogP contribution is 2.41. The summed E-state index contributed by atoms with van der Waals surface area (Å²) in [7, 11) is 0. The Labute approximate surface area is 142 Å². The van der Waals surface area contributed by atoms with Gasteiger partial charge in [-0.2, -0.15) is 4.98 Å². The molecule has 3 aliphatic rings. The molecule has 3 fully saturated rings. The van der Waals surface area contributed by atoms with Crippen molar-refractivity contribution in [2.75, 3.05) is 13.1 Å². The number of alkyl halides is 1. The number of halogens is 1. The Morgan fingerprint density at radius 1 is 1.21 bits per heavy atom. The number of likely N-dealkylation sites (tertiary alicyclic amines) is 1. The number of hydrogen-bond acceptors (Lipinski definition) is 4. The third-order valence-electron chi connectivity index (χ3n) is 5.75. The molecular weight excluding hydrogens is 309 g/mol. The van der Waals surface area contributed by atoms with Crippen molar-refractivity contribution >= 4 is 5.91 Å². The van der Waals surface area contributed by atoms with Crippen molar-refractivity contribution in [1.82, 2.24) is 15.0 Å². The summed E-state index contributed by atoms with van der Waals surface area (Å²) in [4.78, 5) is 18.6. The van der Waals surface area contributed by atoms with Gasteiger partial charge in [0.15, 0.2) is 5.82 Å². The van der Waals surface area contributed by atoms with E-state index in [1.807, 2.05) is 0 Å². The zero-order valence-electron chi connectivity index (χ0n) is 14.2. The fourth-order valence-corrected chi connectivity index (χ4v) is 4.09. The van der Waals surface area contributed by atoms with Gasteiger partial charge in [-0.15, -0.1) is 0 Å². The van der Waals surface area contributed by atoms with Crippen molar-refractivity contribution < 1.29 is 13.7 Å². The summed E-state index contributed by atoms with van der Waals surface area (Å²) >= 11 is 0. The average molecular weight is 335 g/mol. The highest BCUT2D eigenvalue weighted by Gasteiger charge is 2.44. The van der Waals surface area contributed by atoms with E-state index < -0.39 is 5.67 Å². The second kappa shape index (κ2) is 6.45. The lowest BCUT2D eigenvalue weighted by molar-refractivity contribution is -0.137. The highest BCUT2D eigenvalue weighted by atomic mass is 19.1. The molecule has 5 nitrogen and oxygen atoms in total. The number of amides is 1. The van der Waals surface area contributed by atoms with Crippen molar-refractivity contribution in [2.24, 2.45) is 5.92 Å². The standard InChI is InChI=1S/C18H26FN3O2/c19-18(17-20-16(21-24-17)14-7-8-14)9-4-10-22(12-18)15(23)11-13-5-2-1-3-6-13/h13-14H,1-12H2. The summed E-state index contributed by atoms with van der Waals surface area (Å²) in [5, 5.41) is 3.93. The van der Waals surface area contributed by atoms with E-state index in [0.717, 1.165) is 25.7 Å². The predicted molar refractivity (Wildman–Crippen MR) is 86.1 cm³/mol. The average Bonchev–Trinajstić information content (AvgIpc) is 3.32. The molecule has 2 aliphatic carbocycles. The van der Waals surface area contributed by atoms with Crippen LogP contribution in [0.1, 0.15) is 81.8 Å². The minimum Gasteiger partial charge on any atom is -0.339 e. The lowest BCUT2D eigenvalue weighted by Gasteiger charge is -2.36. The van der Waals surface area contributed by atoms with Crippen molar-refractivity contribution in [1.29, 1.82) is 0 Å². The molecule has 1 saturated heterocycles. The van der Waals surface area contributed by atoms with Gasteiger partial charge < -0.3 is 9.42 Å². The number of carbonyl (C=O) groups excluding carboxylic acids is 1. The third-order valence-corrected chi connectivity index (χ3v) is 5.75. The lowest BCUT2D eigenvalue weighted by atomic mass is 9.86. The zero-order valence-corrected chi connectivity index (χ0v) is 14.2. The van der Waals surface area contributed by atoms with Crippen molar-refractivity contribution in [2.45, 2.75) is 75.8 Å². The van der Waals surface area contributed by atoms with Crippen LogP contribution in [0.4, 0.5) is 4.39 Å². The maximum Gasteiger partial charge on any atom is 0.266 e. The molecule has 1 aromatic rings. The first kappa shape index (κ1) is 16.0. The van der Waals surface area contributed by atoms with Gasteiger partial charge in [0.1, 0.15) is 0 Å². The van der Waals surface area contributed by atoms with E-state index in [1.165, 1.54) is 19.3 Å². The molecule has 24 heavy (non-hydrogen) atoms. The van der Waals surface area contributed by atoms with Crippen LogP contribution in [-0.2, 0) is 10.5 Å². The van der Waals surface area contributed by atoms with Crippen molar-refractivity contribution in [3.05, 3.63) is 11.7 Å². The van der Waals surface area contributed by atoms with Crippen molar-refractivity contribution in [3.8, 4) is 0 Å². The molecule has 2 saturated carbocycles. The van der Waals surface area contributed by atoms with Crippen LogP contribution in [0.2, 0.25) is 0 Å². The molecule has 2 heterocycles. The SMILES string of the molecule is O=C(CC1CCCCC1)N1CCCC(F)(c2nc(C3CC3)no2)C1. The van der Waals surface area contributed by atoms with Crippen LogP contribution in [0.25, 0.3) is 0 Å². The molecule has 1 aromatic heterocycles. The topological polar surface area (TPSA) is 59.2 Å². The second-order valence-electron chi connectivity index (χ2n) is 7.82. The van der Waals surface area contributed by atoms with Crippen LogP contribution in [0.5, 0.6) is 0 Å². The molecule has 0 spiro atoms. The third kappa shape index (κ3) is 3.33. The Morgan fingerprint density at radius 3 is 2.75 bits per heavy atom. The van der Waals surface area contributed by atoms with Crippen molar-refractivity contribution in [3.63, 3.8) is 0 Å². The van der Waals surface area contributed by atoms with Gasteiger partial charge in [0.2, 0.25) is 11.6 Å². The van der Waals surface area contributed by atoms with Crippen LogP contribution in [-0.4, -0.2) is 34.0 Å². The highest BCUT2D eigenvalue weighted by molar-refractivity contribution is 5.76. The fraction of sp³-hybridized carbons (Fsp3) is 0.833. The molecule has 4 rings (SSSR count). The van der Waals surface area contributed by atoms with Gasteiger partial charge in [0, 0.05) is 18.9 Å². The summed E-state index contributed by atoms with van der Waals surface area (Å²) in [5.41, 5.74) is -1.68. The van der Waals surface area contributed by atoms with E-state index in [2.05, 4.69) is 10.1 Å². The van der Waals surface area contributed by atoms with Crippen LogP contribution in [0, 0.1) is 5.92 Å². The van der Waals surface area contributed by atoms with Crippen LogP contribution >= 0.6 is 0 Å². The minimum atomic E-state index is -1.68. The summed E-state index contributed by atoms with van der Waals surface area (Å²) in [5.74, 6) is 1.61. The molecule has 0 radical (unpaired) electrons. The van der Waals surface area contributed by atoms with E-state index >= 15 is 4.39 Å². The fourth-order valence-electron chi connectivity index (χ4n) is 4.09. The quantitative estimate of drug-likeness (QED) is 0.842. The first-order valence-corrected chi connectivity index (χ1v) is 9.45. The lowest BCUT2D eigenvalue weighted by Crippen LogP contribution is -2.47. The molecule has 0 bridgehead atoms. The Bertz CT molecular complexity index is 595. The maximum absolute atomic E-state index is 15.4. The van der Waals surface area contributed by atoms with E-state index in [-0.39, 0.29) is 18.3 Å². The van der Waals surface area contributed by atoms with Gasteiger partial charge >= 0.3 is 0 Å². The van der Waals surface area contributed by atoms with Crippen LogP contribution in [0.15, 0.2) is 4.52 Å². The summed E-state index contributed by atoms with van der Waals surface area (Å²) in [6.07, 6.45) is 9.67. The van der Waals surface area contributed by atoms with Gasteiger partial charge in [0.25, 0.3) is 5.89 Å². The van der Waals surface area contributed by atoms with E-state index in [0.29, 0.717) is 43.5 Å².